The summed E-state index contributed by atoms with van der Waals surface area (Å²) in [5.41, 5.74) is 7.80. The van der Waals surface area contributed by atoms with Crippen LogP contribution in [0, 0.1) is 18.3 Å². The summed E-state index contributed by atoms with van der Waals surface area (Å²) in [6, 6.07) is 9.24. The zero-order chi connectivity index (χ0) is 20.4. The third-order valence-electron chi connectivity index (χ3n) is 4.75. The Morgan fingerprint density at radius 3 is 2.54 bits per heavy atom. The van der Waals surface area contributed by atoms with E-state index in [1.54, 1.807) is 25.2 Å². The predicted molar refractivity (Wildman–Crippen MR) is 104 cm³/mol. The highest BCUT2D eigenvalue weighted by Gasteiger charge is 2.34. The maximum atomic E-state index is 13.0. The number of nitrogens with zero attached hydrogens (tertiary/aromatic N) is 2. The molecule has 2 N–H and O–H groups in total. The van der Waals surface area contributed by atoms with Crippen molar-refractivity contribution >= 4 is 0 Å². The number of fused-ring (bicyclic) bond motifs is 1. The fraction of sp³-hybridized carbons (Fsp3) is 0.333. The van der Waals surface area contributed by atoms with Crippen LogP contribution in [0.15, 0.2) is 40.5 Å². The third kappa shape index (κ3) is 3.18. The topological polar surface area (TPSA) is 99.5 Å². The Kier molecular flexibility index (Phi) is 5.32. The van der Waals surface area contributed by atoms with Crippen molar-refractivity contribution in [1.29, 1.82) is 5.26 Å². The van der Waals surface area contributed by atoms with Crippen molar-refractivity contribution in [2.45, 2.75) is 26.7 Å². The van der Waals surface area contributed by atoms with Crippen LogP contribution in [0.25, 0.3) is 0 Å². The van der Waals surface area contributed by atoms with Crippen molar-refractivity contribution in [2.24, 2.45) is 12.8 Å². The standard InChI is InChI=1S/C21H23N3O4/c1-5-26-15-8-7-13(10-16(15)27-6-2)18-14(11-22)20(23)28-17-9-12(3)24(4)21(25)19(17)18/h7-10,18H,5-6,23H2,1-4H3/t18-/m0/s1. The number of hydrogen-bond acceptors (Lipinski definition) is 6. The van der Waals surface area contributed by atoms with Gasteiger partial charge in [-0.25, -0.2) is 0 Å². The number of nitrogens with two attached hydrogens (primary N) is 1. The molecule has 1 aromatic carbocycles. The molecule has 146 valence electrons. The summed E-state index contributed by atoms with van der Waals surface area (Å²) in [5.74, 6) is 0.874. The van der Waals surface area contributed by atoms with E-state index in [0.717, 1.165) is 5.69 Å². The van der Waals surface area contributed by atoms with Gasteiger partial charge in [0.2, 0.25) is 5.88 Å². The van der Waals surface area contributed by atoms with E-state index >= 15 is 0 Å². The van der Waals surface area contributed by atoms with Gasteiger partial charge in [0.1, 0.15) is 17.4 Å². The Labute approximate surface area is 163 Å². The summed E-state index contributed by atoms with van der Waals surface area (Å²) in [7, 11) is 1.69. The van der Waals surface area contributed by atoms with Crippen LogP contribution in [0.5, 0.6) is 17.2 Å². The minimum atomic E-state index is -0.650. The van der Waals surface area contributed by atoms with Gasteiger partial charge in [0, 0.05) is 18.8 Å². The van der Waals surface area contributed by atoms with Crippen LogP contribution in [-0.4, -0.2) is 17.8 Å². The molecule has 0 saturated heterocycles. The molecule has 0 amide bonds. The van der Waals surface area contributed by atoms with E-state index in [9.17, 15) is 10.1 Å². The highest BCUT2D eigenvalue weighted by Crippen LogP contribution is 2.42. The third-order valence-corrected chi connectivity index (χ3v) is 4.75. The van der Waals surface area contributed by atoms with Gasteiger partial charge < -0.3 is 24.5 Å². The zero-order valence-corrected chi connectivity index (χ0v) is 16.4. The van der Waals surface area contributed by atoms with E-state index in [1.165, 1.54) is 4.57 Å². The fourth-order valence-corrected chi connectivity index (χ4v) is 3.32. The monoisotopic (exact) mass is 381 g/mol. The molecular formula is C21H23N3O4. The maximum Gasteiger partial charge on any atom is 0.258 e. The smallest absolute Gasteiger partial charge is 0.258 e. The molecule has 0 unspecified atom stereocenters. The average molecular weight is 381 g/mol. The number of ether oxygens (including phenoxy) is 3. The lowest BCUT2D eigenvalue weighted by atomic mass is 9.84. The van der Waals surface area contributed by atoms with Crippen molar-refractivity contribution in [1.82, 2.24) is 4.57 Å². The van der Waals surface area contributed by atoms with Crippen LogP contribution in [0.3, 0.4) is 0 Å². The van der Waals surface area contributed by atoms with E-state index in [1.807, 2.05) is 26.8 Å². The first-order valence-corrected chi connectivity index (χ1v) is 9.10. The molecule has 28 heavy (non-hydrogen) atoms. The number of benzene rings is 1. The SMILES string of the molecule is CCOc1ccc([C@H]2C(C#N)=C(N)Oc3cc(C)n(C)c(=O)c32)cc1OCC. The minimum Gasteiger partial charge on any atom is -0.490 e. The summed E-state index contributed by atoms with van der Waals surface area (Å²) < 4.78 is 18.5. The minimum absolute atomic E-state index is 0.000465. The van der Waals surface area contributed by atoms with E-state index in [2.05, 4.69) is 6.07 Å². The van der Waals surface area contributed by atoms with Crippen LogP contribution < -0.4 is 25.5 Å². The number of aromatic nitrogens is 1. The van der Waals surface area contributed by atoms with Crippen LogP contribution in [0.1, 0.15) is 36.6 Å². The first-order chi connectivity index (χ1) is 13.4. The average Bonchev–Trinajstić information content (AvgIpc) is 2.67. The normalized spacial score (nSPS) is 15.5. The Balaban J connectivity index is 2.26. The molecule has 0 bridgehead atoms. The number of aryl methyl sites for hydroxylation is 1. The molecule has 1 aromatic heterocycles. The molecule has 2 aromatic rings. The molecule has 1 aliphatic rings. The molecule has 1 atom stereocenters. The van der Waals surface area contributed by atoms with E-state index in [0.29, 0.717) is 41.6 Å². The number of allylic oxidation sites excluding steroid dienone is 1. The molecule has 0 saturated carbocycles. The largest absolute Gasteiger partial charge is 0.490 e. The second-order valence-corrected chi connectivity index (χ2v) is 6.42. The van der Waals surface area contributed by atoms with Gasteiger partial charge >= 0.3 is 0 Å². The van der Waals surface area contributed by atoms with Gasteiger partial charge in [-0.3, -0.25) is 4.79 Å². The quantitative estimate of drug-likeness (QED) is 0.855. The molecule has 1 aliphatic heterocycles. The molecule has 0 fully saturated rings. The Morgan fingerprint density at radius 1 is 1.21 bits per heavy atom. The van der Waals surface area contributed by atoms with Crippen molar-refractivity contribution in [3.05, 3.63) is 62.9 Å². The van der Waals surface area contributed by atoms with Crippen LogP contribution in [0.4, 0.5) is 0 Å². The van der Waals surface area contributed by atoms with Gasteiger partial charge in [0.25, 0.3) is 5.56 Å². The molecule has 0 radical (unpaired) electrons. The lowest BCUT2D eigenvalue weighted by Crippen LogP contribution is -2.31. The second kappa shape index (κ2) is 7.69. The summed E-state index contributed by atoms with van der Waals surface area (Å²) in [6.07, 6.45) is 0. The Hall–Kier alpha value is -3.40. The highest BCUT2D eigenvalue weighted by atomic mass is 16.5. The molecule has 3 rings (SSSR count). The Morgan fingerprint density at radius 2 is 1.89 bits per heavy atom. The highest BCUT2D eigenvalue weighted by molar-refractivity contribution is 5.57. The van der Waals surface area contributed by atoms with Crippen molar-refractivity contribution in [3.63, 3.8) is 0 Å². The fourth-order valence-electron chi connectivity index (χ4n) is 3.32. The first-order valence-electron chi connectivity index (χ1n) is 9.10. The summed E-state index contributed by atoms with van der Waals surface area (Å²) >= 11 is 0. The molecule has 0 spiro atoms. The van der Waals surface area contributed by atoms with Crippen molar-refractivity contribution in [2.75, 3.05) is 13.2 Å². The molecule has 7 heteroatoms. The van der Waals surface area contributed by atoms with E-state index in [4.69, 9.17) is 19.9 Å². The lowest BCUT2D eigenvalue weighted by Gasteiger charge is -2.27. The lowest BCUT2D eigenvalue weighted by molar-refractivity contribution is 0.287. The van der Waals surface area contributed by atoms with Crippen LogP contribution in [0.2, 0.25) is 0 Å². The summed E-state index contributed by atoms with van der Waals surface area (Å²) in [6.45, 7) is 6.53. The summed E-state index contributed by atoms with van der Waals surface area (Å²) in [5, 5.41) is 9.71. The van der Waals surface area contributed by atoms with Crippen LogP contribution >= 0.6 is 0 Å². The number of pyridine rings is 1. The Bertz CT molecular complexity index is 1050. The van der Waals surface area contributed by atoms with Gasteiger partial charge in [0.05, 0.1) is 24.7 Å². The van der Waals surface area contributed by atoms with Gasteiger partial charge in [-0.05, 0) is 38.5 Å². The van der Waals surface area contributed by atoms with Crippen molar-refractivity contribution < 1.29 is 14.2 Å². The van der Waals surface area contributed by atoms with Gasteiger partial charge in [-0.2, -0.15) is 5.26 Å². The van der Waals surface area contributed by atoms with Gasteiger partial charge in [0.15, 0.2) is 11.5 Å². The predicted octanol–water partition coefficient (Wildman–Crippen LogP) is 2.71. The number of rotatable bonds is 5. The summed E-state index contributed by atoms with van der Waals surface area (Å²) in [4.78, 5) is 13.0. The molecular weight excluding hydrogens is 358 g/mol. The second-order valence-electron chi connectivity index (χ2n) is 6.42. The van der Waals surface area contributed by atoms with Gasteiger partial charge in [-0.15, -0.1) is 0 Å². The van der Waals surface area contributed by atoms with Crippen LogP contribution in [-0.2, 0) is 7.05 Å². The molecule has 7 nitrogen and oxygen atoms in total. The van der Waals surface area contributed by atoms with E-state index in [-0.39, 0.29) is 17.0 Å². The zero-order valence-electron chi connectivity index (χ0n) is 16.4. The number of nitriles is 1. The number of hydrogen-bond donors (Lipinski definition) is 1. The van der Waals surface area contributed by atoms with E-state index < -0.39 is 5.92 Å². The molecule has 2 heterocycles. The molecule has 0 aliphatic carbocycles. The maximum absolute atomic E-state index is 13.0. The first kappa shape index (κ1) is 19.4. The van der Waals surface area contributed by atoms with Crippen molar-refractivity contribution in [3.8, 4) is 23.3 Å². The van der Waals surface area contributed by atoms with Gasteiger partial charge in [-0.1, -0.05) is 6.07 Å².